The summed E-state index contributed by atoms with van der Waals surface area (Å²) in [5, 5.41) is 2.88. The highest BCUT2D eigenvalue weighted by atomic mass is 16.1. The first-order valence-corrected chi connectivity index (χ1v) is 6.52. The molecule has 1 aromatic heterocycles. The number of nitrogen functional groups attached to an aromatic ring is 1. The van der Waals surface area contributed by atoms with Gasteiger partial charge in [-0.1, -0.05) is 6.07 Å². The van der Waals surface area contributed by atoms with Crippen LogP contribution in [-0.4, -0.2) is 15.9 Å². The number of carbonyl (C=O) groups is 1. The minimum atomic E-state index is -0.214. The number of hydrogen-bond acceptors (Lipinski definition) is 4. The molecule has 0 atom stereocenters. The number of nitrogens with zero attached hydrogens (tertiary/aromatic N) is 2. The number of nitrogens with two attached hydrogens (primary N) is 1. The maximum atomic E-state index is 12.5. The molecule has 3 aromatic rings. The van der Waals surface area contributed by atoms with Crippen molar-refractivity contribution in [2.75, 3.05) is 11.1 Å². The normalized spacial score (nSPS) is 10.5. The van der Waals surface area contributed by atoms with E-state index in [0.717, 1.165) is 11.3 Å². The van der Waals surface area contributed by atoms with Crippen LogP contribution in [0.3, 0.4) is 0 Å². The van der Waals surface area contributed by atoms with E-state index in [-0.39, 0.29) is 5.91 Å². The zero-order valence-corrected chi connectivity index (χ0v) is 11.5. The van der Waals surface area contributed by atoms with Gasteiger partial charge in [0.15, 0.2) is 0 Å². The van der Waals surface area contributed by atoms with Crippen molar-refractivity contribution < 1.29 is 4.79 Å². The van der Waals surface area contributed by atoms with Crippen LogP contribution in [0.25, 0.3) is 11.0 Å². The number of amides is 1. The first kappa shape index (κ1) is 13.1. The van der Waals surface area contributed by atoms with Crippen molar-refractivity contribution in [3.63, 3.8) is 0 Å². The van der Waals surface area contributed by atoms with E-state index >= 15 is 0 Å². The molecule has 0 saturated heterocycles. The topological polar surface area (TPSA) is 80.9 Å². The number of para-hydroxylation sites is 1. The Labute approximate surface area is 121 Å². The SMILES string of the molecule is Cc1cc(N)ccc1NC(=O)c1cccc2nccnc12. The van der Waals surface area contributed by atoms with Gasteiger partial charge in [-0.05, 0) is 42.8 Å². The molecule has 0 aliphatic rings. The molecule has 0 saturated carbocycles. The number of benzene rings is 2. The molecule has 2 aromatic carbocycles. The van der Waals surface area contributed by atoms with E-state index in [4.69, 9.17) is 5.73 Å². The lowest BCUT2D eigenvalue weighted by Crippen LogP contribution is -2.13. The van der Waals surface area contributed by atoms with Crippen LogP contribution in [0.1, 0.15) is 15.9 Å². The van der Waals surface area contributed by atoms with Crippen molar-refractivity contribution in [3.8, 4) is 0 Å². The summed E-state index contributed by atoms with van der Waals surface area (Å²) in [5.74, 6) is -0.214. The lowest BCUT2D eigenvalue weighted by Gasteiger charge is -2.10. The Balaban J connectivity index is 1.97. The Morgan fingerprint density at radius 1 is 1.14 bits per heavy atom. The molecule has 0 aliphatic heterocycles. The zero-order valence-electron chi connectivity index (χ0n) is 11.5. The Morgan fingerprint density at radius 2 is 1.95 bits per heavy atom. The lowest BCUT2D eigenvalue weighted by molar-refractivity contribution is 0.102. The number of fused-ring (bicyclic) bond motifs is 1. The van der Waals surface area contributed by atoms with Gasteiger partial charge in [0.2, 0.25) is 0 Å². The van der Waals surface area contributed by atoms with Crippen LogP contribution in [0.4, 0.5) is 11.4 Å². The van der Waals surface area contributed by atoms with Gasteiger partial charge >= 0.3 is 0 Å². The van der Waals surface area contributed by atoms with E-state index in [1.807, 2.05) is 19.1 Å². The molecule has 3 rings (SSSR count). The molecule has 21 heavy (non-hydrogen) atoms. The van der Waals surface area contributed by atoms with E-state index in [0.29, 0.717) is 22.3 Å². The van der Waals surface area contributed by atoms with Crippen LogP contribution in [0, 0.1) is 6.92 Å². The Hall–Kier alpha value is -2.95. The van der Waals surface area contributed by atoms with Crippen molar-refractivity contribution in [1.29, 1.82) is 0 Å². The van der Waals surface area contributed by atoms with Crippen molar-refractivity contribution in [3.05, 3.63) is 59.9 Å². The maximum Gasteiger partial charge on any atom is 0.257 e. The minimum absolute atomic E-state index is 0.214. The molecule has 0 spiro atoms. The molecule has 1 heterocycles. The predicted octanol–water partition coefficient (Wildman–Crippen LogP) is 2.77. The van der Waals surface area contributed by atoms with E-state index in [9.17, 15) is 4.79 Å². The first-order chi connectivity index (χ1) is 10.1. The fraction of sp³-hybridized carbons (Fsp3) is 0.0625. The number of aromatic nitrogens is 2. The van der Waals surface area contributed by atoms with Gasteiger partial charge in [0.25, 0.3) is 5.91 Å². The molecule has 1 amide bonds. The van der Waals surface area contributed by atoms with Gasteiger partial charge in [-0.3, -0.25) is 14.8 Å². The van der Waals surface area contributed by atoms with Crippen LogP contribution in [0.15, 0.2) is 48.8 Å². The largest absolute Gasteiger partial charge is 0.399 e. The maximum absolute atomic E-state index is 12.5. The first-order valence-electron chi connectivity index (χ1n) is 6.52. The summed E-state index contributed by atoms with van der Waals surface area (Å²) >= 11 is 0. The summed E-state index contributed by atoms with van der Waals surface area (Å²) in [7, 11) is 0. The van der Waals surface area contributed by atoms with Gasteiger partial charge in [-0.2, -0.15) is 0 Å². The molecular formula is C16H14N4O. The average Bonchev–Trinajstić information content (AvgIpc) is 2.49. The van der Waals surface area contributed by atoms with Gasteiger partial charge in [0.1, 0.15) is 5.52 Å². The van der Waals surface area contributed by atoms with Gasteiger partial charge in [-0.15, -0.1) is 0 Å². The predicted molar refractivity (Wildman–Crippen MR) is 83.1 cm³/mol. The molecular weight excluding hydrogens is 264 g/mol. The van der Waals surface area contributed by atoms with E-state index in [1.54, 1.807) is 36.7 Å². The van der Waals surface area contributed by atoms with Crippen molar-refractivity contribution >= 4 is 28.3 Å². The second kappa shape index (κ2) is 5.20. The number of nitrogens with one attached hydrogen (secondary N) is 1. The van der Waals surface area contributed by atoms with Crippen LogP contribution in [0.2, 0.25) is 0 Å². The molecule has 5 heteroatoms. The van der Waals surface area contributed by atoms with Gasteiger partial charge < -0.3 is 11.1 Å². The van der Waals surface area contributed by atoms with Crippen molar-refractivity contribution in [1.82, 2.24) is 9.97 Å². The molecule has 0 aliphatic carbocycles. The monoisotopic (exact) mass is 278 g/mol. The van der Waals surface area contributed by atoms with Crippen LogP contribution in [0.5, 0.6) is 0 Å². The van der Waals surface area contributed by atoms with Crippen LogP contribution < -0.4 is 11.1 Å². The summed E-state index contributed by atoms with van der Waals surface area (Å²) in [6, 6.07) is 10.7. The highest BCUT2D eigenvalue weighted by molar-refractivity contribution is 6.11. The number of aryl methyl sites for hydroxylation is 1. The number of rotatable bonds is 2. The van der Waals surface area contributed by atoms with E-state index < -0.39 is 0 Å². The fourth-order valence-corrected chi connectivity index (χ4v) is 2.19. The van der Waals surface area contributed by atoms with Gasteiger partial charge in [0.05, 0.1) is 11.1 Å². The highest BCUT2D eigenvalue weighted by Crippen LogP contribution is 2.20. The number of anilines is 2. The summed E-state index contributed by atoms with van der Waals surface area (Å²) < 4.78 is 0. The summed E-state index contributed by atoms with van der Waals surface area (Å²) in [6.45, 7) is 1.90. The third-order valence-electron chi connectivity index (χ3n) is 3.24. The second-order valence-electron chi connectivity index (χ2n) is 4.76. The van der Waals surface area contributed by atoms with Gasteiger partial charge in [-0.25, -0.2) is 0 Å². The number of hydrogen-bond donors (Lipinski definition) is 2. The van der Waals surface area contributed by atoms with Crippen molar-refractivity contribution in [2.24, 2.45) is 0 Å². The molecule has 5 nitrogen and oxygen atoms in total. The Bertz CT molecular complexity index is 824. The lowest BCUT2D eigenvalue weighted by atomic mass is 10.1. The zero-order chi connectivity index (χ0) is 14.8. The highest BCUT2D eigenvalue weighted by Gasteiger charge is 2.12. The molecule has 0 bridgehead atoms. The third kappa shape index (κ3) is 2.53. The second-order valence-corrected chi connectivity index (χ2v) is 4.76. The third-order valence-corrected chi connectivity index (χ3v) is 3.24. The Morgan fingerprint density at radius 3 is 2.76 bits per heavy atom. The molecule has 0 fully saturated rings. The smallest absolute Gasteiger partial charge is 0.257 e. The van der Waals surface area contributed by atoms with Crippen molar-refractivity contribution in [2.45, 2.75) is 6.92 Å². The Kier molecular flexibility index (Phi) is 3.23. The quantitative estimate of drug-likeness (QED) is 0.706. The summed E-state index contributed by atoms with van der Waals surface area (Å²) in [4.78, 5) is 20.9. The van der Waals surface area contributed by atoms with Gasteiger partial charge in [0, 0.05) is 23.8 Å². The fourth-order valence-electron chi connectivity index (χ4n) is 2.19. The van der Waals surface area contributed by atoms with E-state index in [1.165, 1.54) is 0 Å². The molecule has 0 radical (unpaired) electrons. The summed E-state index contributed by atoms with van der Waals surface area (Å²) in [6.07, 6.45) is 3.18. The molecule has 0 unspecified atom stereocenters. The molecule has 3 N–H and O–H groups in total. The summed E-state index contributed by atoms with van der Waals surface area (Å²) in [5.41, 5.74) is 9.80. The van der Waals surface area contributed by atoms with E-state index in [2.05, 4.69) is 15.3 Å². The van der Waals surface area contributed by atoms with Crippen LogP contribution in [-0.2, 0) is 0 Å². The van der Waals surface area contributed by atoms with Crippen LogP contribution >= 0.6 is 0 Å². The minimum Gasteiger partial charge on any atom is -0.399 e. The average molecular weight is 278 g/mol. The number of carbonyl (C=O) groups excluding carboxylic acids is 1. The molecule has 104 valence electrons. The standard InChI is InChI=1S/C16H14N4O/c1-10-9-11(17)5-6-13(10)20-16(21)12-3-2-4-14-15(12)19-8-7-18-14/h2-9H,17H2,1H3,(H,20,21).